The Balaban J connectivity index is 2.19. The van der Waals surface area contributed by atoms with Gasteiger partial charge >= 0.3 is 0 Å². The van der Waals surface area contributed by atoms with Crippen LogP contribution < -0.4 is 5.32 Å². The number of aromatic amines is 1. The lowest BCUT2D eigenvalue weighted by molar-refractivity contribution is 0.0914. The van der Waals surface area contributed by atoms with Gasteiger partial charge in [-0.3, -0.25) is 9.89 Å². The number of nitrogens with one attached hydrogen (secondary N) is 2. The Labute approximate surface area is 117 Å². The van der Waals surface area contributed by atoms with E-state index in [9.17, 15) is 4.79 Å². The molecule has 0 aliphatic carbocycles. The molecule has 0 atom stereocenters. The zero-order chi connectivity index (χ0) is 14.0. The minimum atomic E-state index is -0.275. The largest absolute Gasteiger partial charge is 0.346 e. The molecule has 0 spiro atoms. The molecular formula is C14H16ClN3O. The van der Waals surface area contributed by atoms with Crippen molar-refractivity contribution < 1.29 is 4.79 Å². The molecule has 0 bridgehead atoms. The predicted molar refractivity (Wildman–Crippen MR) is 76.3 cm³/mol. The van der Waals surface area contributed by atoms with Crippen molar-refractivity contribution in [3.05, 3.63) is 41.0 Å². The SMILES string of the molecule is CC(C)(C)NC(=O)c1cc(-c2ccc(Cl)cc2)n[nH]1. The lowest BCUT2D eigenvalue weighted by Crippen LogP contribution is -2.40. The van der Waals surface area contributed by atoms with E-state index >= 15 is 0 Å². The topological polar surface area (TPSA) is 57.8 Å². The Kier molecular flexibility index (Phi) is 3.62. The first-order chi connectivity index (χ1) is 8.85. The highest BCUT2D eigenvalue weighted by Crippen LogP contribution is 2.20. The summed E-state index contributed by atoms with van der Waals surface area (Å²) in [6, 6.07) is 9.04. The minimum absolute atomic E-state index is 0.166. The quantitative estimate of drug-likeness (QED) is 0.885. The van der Waals surface area contributed by atoms with Gasteiger partial charge in [-0.15, -0.1) is 0 Å². The van der Waals surface area contributed by atoms with Gasteiger partial charge in [0.2, 0.25) is 0 Å². The van der Waals surface area contributed by atoms with E-state index in [0.717, 1.165) is 11.3 Å². The van der Waals surface area contributed by atoms with Crippen LogP contribution in [0, 0.1) is 0 Å². The van der Waals surface area contributed by atoms with E-state index in [1.54, 1.807) is 18.2 Å². The van der Waals surface area contributed by atoms with Crippen molar-refractivity contribution in [3.8, 4) is 11.3 Å². The van der Waals surface area contributed by atoms with Crippen molar-refractivity contribution in [1.82, 2.24) is 15.5 Å². The molecule has 19 heavy (non-hydrogen) atoms. The van der Waals surface area contributed by atoms with Gasteiger partial charge in [0.25, 0.3) is 5.91 Å². The van der Waals surface area contributed by atoms with Gasteiger partial charge in [-0.1, -0.05) is 23.7 Å². The molecule has 0 radical (unpaired) electrons. The maximum absolute atomic E-state index is 12.0. The average molecular weight is 278 g/mol. The summed E-state index contributed by atoms with van der Waals surface area (Å²) in [4.78, 5) is 12.0. The van der Waals surface area contributed by atoms with Gasteiger partial charge in [-0.25, -0.2) is 0 Å². The highest BCUT2D eigenvalue weighted by atomic mass is 35.5. The second-order valence-electron chi connectivity index (χ2n) is 5.38. The fourth-order valence-corrected chi connectivity index (χ4v) is 1.74. The second kappa shape index (κ2) is 5.05. The molecule has 2 aromatic rings. The summed E-state index contributed by atoms with van der Waals surface area (Å²) in [5, 5.41) is 10.4. The Bertz CT molecular complexity index is 581. The third-order valence-electron chi connectivity index (χ3n) is 2.45. The van der Waals surface area contributed by atoms with Gasteiger partial charge in [-0.05, 0) is 39.0 Å². The number of hydrogen-bond donors (Lipinski definition) is 2. The Morgan fingerprint density at radius 2 is 1.89 bits per heavy atom. The molecule has 0 fully saturated rings. The fourth-order valence-electron chi connectivity index (χ4n) is 1.61. The molecule has 1 amide bonds. The maximum Gasteiger partial charge on any atom is 0.269 e. The van der Waals surface area contributed by atoms with E-state index < -0.39 is 0 Å². The van der Waals surface area contributed by atoms with Crippen LogP contribution in [0.5, 0.6) is 0 Å². The van der Waals surface area contributed by atoms with Crippen molar-refractivity contribution in [2.24, 2.45) is 0 Å². The first-order valence-corrected chi connectivity index (χ1v) is 6.37. The molecule has 1 aromatic carbocycles. The molecule has 4 nitrogen and oxygen atoms in total. The van der Waals surface area contributed by atoms with Crippen LogP contribution in [0.25, 0.3) is 11.3 Å². The Morgan fingerprint density at radius 1 is 1.26 bits per heavy atom. The molecule has 2 N–H and O–H groups in total. The van der Waals surface area contributed by atoms with E-state index in [1.807, 2.05) is 32.9 Å². The number of amides is 1. The summed E-state index contributed by atoms with van der Waals surface area (Å²) in [6.45, 7) is 5.80. The van der Waals surface area contributed by atoms with Gasteiger partial charge in [0.15, 0.2) is 0 Å². The fraction of sp³-hybridized carbons (Fsp3) is 0.286. The normalized spacial score (nSPS) is 11.4. The number of hydrogen-bond acceptors (Lipinski definition) is 2. The van der Waals surface area contributed by atoms with E-state index in [1.165, 1.54) is 0 Å². The predicted octanol–water partition coefficient (Wildman–Crippen LogP) is 3.26. The summed E-state index contributed by atoms with van der Waals surface area (Å²) in [5.41, 5.74) is 1.80. The molecule has 0 aliphatic rings. The number of rotatable bonds is 2. The molecule has 1 aromatic heterocycles. The van der Waals surface area contributed by atoms with Crippen LogP contribution in [0.1, 0.15) is 31.3 Å². The summed E-state index contributed by atoms with van der Waals surface area (Å²) < 4.78 is 0. The van der Waals surface area contributed by atoms with Crippen LogP contribution in [0.15, 0.2) is 30.3 Å². The van der Waals surface area contributed by atoms with Crippen LogP contribution in [-0.2, 0) is 0 Å². The van der Waals surface area contributed by atoms with Gasteiger partial charge in [-0.2, -0.15) is 5.10 Å². The van der Waals surface area contributed by atoms with Gasteiger partial charge < -0.3 is 5.32 Å². The Morgan fingerprint density at radius 3 is 2.47 bits per heavy atom. The first kappa shape index (κ1) is 13.6. The molecule has 0 unspecified atom stereocenters. The van der Waals surface area contributed by atoms with Crippen LogP contribution >= 0.6 is 11.6 Å². The molecule has 0 saturated heterocycles. The number of carbonyl (C=O) groups excluding carboxylic acids is 1. The maximum atomic E-state index is 12.0. The van der Waals surface area contributed by atoms with Crippen LogP contribution in [0.4, 0.5) is 0 Å². The lowest BCUT2D eigenvalue weighted by Gasteiger charge is -2.19. The van der Waals surface area contributed by atoms with Gasteiger partial charge in [0.05, 0.1) is 5.69 Å². The Hall–Kier alpha value is -1.81. The van der Waals surface area contributed by atoms with Crippen molar-refractivity contribution in [3.63, 3.8) is 0 Å². The summed E-state index contributed by atoms with van der Waals surface area (Å²) in [5.74, 6) is -0.166. The van der Waals surface area contributed by atoms with Crippen molar-refractivity contribution >= 4 is 17.5 Å². The number of aromatic nitrogens is 2. The van der Waals surface area contributed by atoms with Crippen molar-refractivity contribution in [2.45, 2.75) is 26.3 Å². The van der Waals surface area contributed by atoms with Gasteiger partial charge in [0.1, 0.15) is 5.69 Å². The number of nitrogens with zero attached hydrogens (tertiary/aromatic N) is 1. The zero-order valence-electron chi connectivity index (χ0n) is 11.1. The molecule has 1 heterocycles. The summed E-state index contributed by atoms with van der Waals surface area (Å²) in [7, 11) is 0. The molecule has 2 rings (SSSR count). The number of H-pyrrole nitrogens is 1. The third kappa shape index (κ3) is 3.58. The van der Waals surface area contributed by atoms with Crippen molar-refractivity contribution in [2.75, 3.05) is 0 Å². The molecule has 0 saturated carbocycles. The lowest BCUT2D eigenvalue weighted by atomic mass is 10.1. The molecule has 0 aliphatic heterocycles. The molecule has 5 heteroatoms. The minimum Gasteiger partial charge on any atom is -0.346 e. The summed E-state index contributed by atoms with van der Waals surface area (Å²) in [6.07, 6.45) is 0. The highest BCUT2D eigenvalue weighted by molar-refractivity contribution is 6.30. The monoisotopic (exact) mass is 277 g/mol. The first-order valence-electron chi connectivity index (χ1n) is 5.99. The molecule has 100 valence electrons. The van der Waals surface area contributed by atoms with Crippen LogP contribution in [0.2, 0.25) is 5.02 Å². The zero-order valence-corrected chi connectivity index (χ0v) is 11.9. The van der Waals surface area contributed by atoms with E-state index in [0.29, 0.717) is 10.7 Å². The highest BCUT2D eigenvalue weighted by Gasteiger charge is 2.17. The number of benzene rings is 1. The second-order valence-corrected chi connectivity index (χ2v) is 5.81. The molecular weight excluding hydrogens is 262 g/mol. The number of carbonyl (C=O) groups is 1. The standard InChI is InChI=1S/C14H16ClN3O/c1-14(2,3)16-13(19)12-8-11(17-18-12)9-4-6-10(15)7-5-9/h4-8H,1-3H3,(H,16,19)(H,17,18). The number of halogens is 1. The average Bonchev–Trinajstić information content (AvgIpc) is 2.77. The third-order valence-corrected chi connectivity index (χ3v) is 2.70. The van der Waals surface area contributed by atoms with E-state index in [-0.39, 0.29) is 11.4 Å². The van der Waals surface area contributed by atoms with Crippen LogP contribution in [0.3, 0.4) is 0 Å². The van der Waals surface area contributed by atoms with E-state index in [4.69, 9.17) is 11.6 Å². The van der Waals surface area contributed by atoms with Crippen LogP contribution in [-0.4, -0.2) is 21.6 Å². The smallest absolute Gasteiger partial charge is 0.269 e. The summed E-state index contributed by atoms with van der Waals surface area (Å²) >= 11 is 5.84. The van der Waals surface area contributed by atoms with E-state index in [2.05, 4.69) is 15.5 Å². The van der Waals surface area contributed by atoms with Crippen molar-refractivity contribution in [1.29, 1.82) is 0 Å². The van der Waals surface area contributed by atoms with Gasteiger partial charge in [0, 0.05) is 16.1 Å².